The van der Waals surface area contributed by atoms with Crippen molar-refractivity contribution in [3.05, 3.63) is 22.8 Å². The van der Waals surface area contributed by atoms with Crippen LogP contribution in [0.2, 0.25) is 5.02 Å². The Morgan fingerprint density at radius 3 is 2.62 bits per heavy atom. The van der Waals surface area contributed by atoms with Crippen molar-refractivity contribution >= 4 is 23.3 Å². The van der Waals surface area contributed by atoms with Crippen LogP contribution in [0, 0.1) is 0 Å². The molecule has 8 heteroatoms. The predicted molar refractivity (Wildman–Crippen MR) is 103 cm³/mol. The SMILES string of the molecule is CC(CNc1ncc(C(=O)N2CCOCC2)cc1Cl)N1CCN(C)CC1. The number of nitrogens with zero attached hydrogens (tertiary/aromatic N) is 4. The number of hydrogen-bond acceptors (Lipinski definition) is 6. The molecule has 0 bridgehead atoms. The van der Waals surface area contributed by atoms with E-state index in [1.807, 2.05) is 0 Å². The van der Waals surface area contributed by atoms with Crippen molar-refractivity contribution in [2.24, 2.45) is 0 Å². The molecule has 1 aromatic rings. The summed E-state index contributed by atoms with van der Waals surface area (Å²) < 4.78 is 5.29. The Kier molecular flexibility index (Phi) is 6.69. The quantitative estimate of drug-likeness (QED) is 0.828. The van der Waals surface area contributed by atoms with Crippen molar-refractivity contribution in [1.29, 1.82) is 0 Å². The number of carbonyl (C=O) groups is 1. The Labute approximate surface area is 160 Å². The average molecular weight is 382 g/mol. The molecule has 2 aliphatic rings. The lowest BCUT2D eigenvalue weighted by Crippen LogP contribution is -2.49. The maximum atomic E-state index is 12.5. The number of halogens is 1. The van der Waals surface area contributed by atoms with E-state index in [0.29, 0.717) is 48.7 Å². The molecule has 2 aliphatic heterocycles. The van der Waals surface area contributed by atoms with Gasteiger partial charge in [0.25, 0.3) is 5.91 Å². The fraction of sp³-hybridized carbons (Fsp3) is 0.667. The smallest absolute Gasteiger partial charge is 0.255 e. The molecule has 1 atom stereocenters. The number of ether oxygens (including phenoxy) is 1. The predicted octanol–water partition coefficient (Wildman–Crippen LogP) is 1.26. The zero-order chi connectivity index (χ0) is 18.5. The molecule has 0 aromatic carbocycles. The summed E-state index contributed by atoms with van der Waals surface area (Å²) in [4.78, 5) is 23.5. The third-order valence-electron chi connectivity index (χ3n) is 5.11. The number of carbonyl (C=O) groups excluding carboxylic acids is 1. The standard InChI is InChI=1S/C18H28ClN5O2/c1-14(23-5-3-22(2)4-6-23)12-20-17-16(19)11-15(13-21-17)18(25)24-7-9-26-10-8-24/h11,13-14H,3-10,12H2,1-2H3,(H,20,21). The molecule has 7 nitrogen and oxygen atoms in total. The highest BCUT2D eigenvalue weighted by molar-refractivity contribution is 6.33. The summed E-state index contributed by atoms with van der Waals surface area (Å²) >= 11 is 6.36. The summed E-state index contributed by atoms with van der Waals surface area (Å²) in [6.45, 7) is 9.71. The van der Waals surface area contributed by atoms with Gasteiger partial charge in [-0.2, -0.15) is 0 Å². The molecule has 1 N–H and O–H groups in total. The van der Waals surface area contributed by atoms with Crippen molar-refractivity contribution in [3.63, 3.8) is 0 Å². The first-order chi connectivity index (χ1) is 12.5. The highest BCUT2D eigenvalue weighted by Crippen LogP contribution is 2.21. The van der Waals surface area contributed by atoms with Crippen LogP contribution in [-0.4, -0.2) is 97.7 Å². The third-order valence-corrected chi connectivity index (χ3v) is 5.40. The second-order valence-electron chi connectivity index (χ2n) is 7.03. The van der Waals surface area contributed by atoms with Crippen LogP contribution in [0.4, 0.5) is 5.82 Å². The highest BCUT2D eigenvalue weighted by Gasteiger charge is 2.21. The van der Waals surface area contributed by atoms with Crippen LogP contribution in [-0.2, 0) is 4.74 Å². The summed E-state index contributed by atoms with van der Waals surface area (Å²) in [7, 11) is 2.16. The molecule has 0 aliphatic carbocycles. The van der Waals surface area contributed by atoms with E-state index in [1.54, 1.807) is 17.2 Å². The molecule has 0 radical (unpaired) electrons. The summed E-state index contributed by atoms with van der Waals surface area (Å²) in [5, 5.41) is 3.80. The van der Waals surface area contributed by atoms with Crippen molar-refractivity contribution in [2.45, 2.75) is 13.0 Å². The van der Waals surface area contributed by atoms with Gasteiger partial charge in [-0.05, 0) is 20.0 Å². The van der Waals surface area contributed by atoms with Crippen molar-refractivity contribution in [3.8, 4) is 0 Å². The average Bonchev–Trinajstić information content (AvgIpc) is 2.67. The van der Waals surface area contributed by atoms with Gasteiger partial charge in [0.15, 0.2) is 0 Å². The minimum Gasteiger partial charge on any atom is -0.378 e. The number of amides is 1. The van der Waals surface area contributed by atoms with Crippen LogP contribution in [0.1, 0.15) is 17.3 Å². The van der Waals surface area contributed by atoms with Gasteiger partial charge in [-0.1, -0.05) is 11.6 Å². The van der Waals surface area contributed by atoms with Crippen LogP contribution in [0.3, 0.4) is 0 Å². The summed E-state index contributed by atoms with van der Waals surface area (Å²) in [5.74, 6) is 0.589. The number of aromatic nitrogens is 1. The Hall–Kier alpha value is -1.41. The Balaban J connectivity index is 1.55. The first-order valence-corrected chi connectivity index (χ1v) is 9.61. The van der Waals surface area contributed by atoms with E-state index in [4.69, 9.17) is 16.3 Å². The largest absolute Gasteiger partial charge is 0.378 e. The lowest BCUT2D eigenvalue weighted by Gasteiger charge is -2.36. The van der Waals surface area contributed by atoms with Gasteiger partial charge in [0.1, 0.15) is 5.82 Å². The maximum Gasteiger partial charge on any atom is 0.255 e. The number of rotatable bonds is 5. The van der Waals surface area contributed by atoms with Crippen LogP contribution >= 0.6 is 11.6 Å². The molecule has 1 unspecified atom stereocenters. The van der Waals surface area contributed by atoms with E-state index in [0.717, 1.165) is 32.7 Å². The van der Waals surface area contributed by atoms with E-state index >= 15 is 0 Å². The third kappa shape index (κ3) is 4.85. The molecule has 1 aromatic heterocycles. The van der Waals surface area contributed by atoms with Gasteiger partial charge in [-0.15, -0.1) is 0 Å². The number of morpholine rings is 1. The van der Waals surface area contributed by atoms with Gasteiger partial charge in [-0.25, -0.2) is 4.98 Å². The second-order valence-corrected chi connectivity index (χ2v) is 7.44. The van der Waals surface area contributed by atoms with E-state index in [9.17, 15) is 4.79 Å². The molecule has 26 heavy (non-hydrogen) atoms. The lowest BCUT2D eigenvalue weighted by atomic mass is 10.2. The minimum atomic E-state index is -0.0416. The minimum absolute atomic E-state index is 0.0416. The highest BCUT2D eigenvalue weighted by atomic mass is 35.5. The van der Waals surface area contributed by atoms with Gasteiger partial charge in [0.2, 0.25) is 0 Å². The molecular formula is C18H28ClN5O2. The summed E-state index contributed by atoms with van der Waals surface area (Å²) in [6, 6.07) is 2.10. The van der Waals surface area contributed by atoms with Crippen LogP contribution in [0.15, 0.2) is 12.3 Å². The van der Waals surface area contributed by atoms with E-state index in [1.165, 1.54) is 0 Å². The maximum absolute atomic E-state index is 12.5. The fourth-order valence-electron chi connectivity index (χ4n) is 3.27. The zero-order valence-corrected chi connectivity index (χ0v) is 16.3. The van der Waals surface area contributed by atoms with E-state index < -0.39 is 0 Å². The first kappa shape index (κ1) is 19.4. The molecule has 1 amide bonds. The van der Waals surface area contributed by atoms with Gasteiger partial charge < -0.3 is 19.9 Å². The molecule has 2 fully saturated rings. The first-order valence-electron chi connectivity index (χ1n) is 9.23. The summed E-state index contributed by atoms with van der Waals surface area (Å²) in [6.07, 6.45) is 1.60. The normalized spacial score (nSPS) is 20.8. The number of nitrogens with one attached hydrogen (secondary N) is 1. The lowest BCUT2D eigenvalue weighted by molar-refractivity contribution is 0.0302. The van der Waals surface area contributed by atoms with Crippen molar-refractivity contribution in [2.75, 3.05) is 71.4 Å². The molecule has 0 spiro atoms. The second kappa shape index (κ2) is 8.99. The number of piperazine rings is 1. The van der Waals surface area contributed by atoms with Gasteiger partial charge in [0, 0.05) is 58.1 Å². The molecule has 2 saturated heterocycles. The van der Waals surface area contributed by atoms with Crippen LogP contribution in [0.25, 0.3) is 0 Å². The number of likely N-dealkylation sites (N-methyl/N-ethyl adjacent to an activating group) is 1. The molecular weight excluding hydrogens is 354 g/mol. The number of pyridine rings is 1. The monoisotopic (exact) mass is 381 g/mol. The Morgan fingerprint density at radius 2 is 1.96 bits per heavy atom. The van der Waals surface area contributed by atoms with Crippen LogP contribution < -0.4 is 5.32 Å². The number of anilines is 1. The van der Waals surface area contributed by atoms with Gasteiger partial charge in [0.05, 0.1) is 23.8 Å². The molecule has 0 saturated carbocycles. The van der Waals surface area contributed by atoms with Crippen molar-refractivity contribution < 1.29 is 9.53 Å². The van der Waals surface area contributed by atoms with Gasteiger partial charge in [-0.3, -0.25) is 9.69 Å². The van der Waals surface area contributed by atoms with Gasteiger partial charge >= 0.3 is 0 Å². The Bertz CT molecular complexity index is 616. The topological polar surface area (TPSA) is 60.9 Å². The fourth-order valence-corrected chi connectivity index (χ4v) is 3.50. The van der Waals surface area contributed by atoms with Crippen LogP contribution in [0.5, 0.6) is 0 Å². The van der Waals surface area contributed by atoms with E-state index in [-0.39, 0.29) is 5.91 Å². The molecule has 144 valence electrons. The molecule has 3 heterocycles. The van der Waals surface area contributed by atoms with Crippen molar-refractivity contribution in [1.82, 2.24) is 19.7 Å². The Morgan fingerprint density at radius 1 is 1.27 bits per heavy atom. The molecule has 3 rings (SSSR count). The van der Waals surface area contributed by atoms with E-state index in [2.05, 4.69) is 34.1 Å². The zero-order valence-electron chi connectivity index (χ0n) is 15.6. The number of hydrogen-bond donors (Lipinski definition) is 1. The summed E-state index contributed by atoms with van der Waals surface area (Å²) in [5.41, 5.74) is 0.523.